The number of nitrogens with zero attached hydrogens (tertiary/aromatic N) is 1. The number of hydrogen-bond donors (Lipinski definition) is 2. The molecule has 4 nitrogen and oxygen atoms in total. The number of amides is 1. The molecule has 1 heterocycles. The zero-order valence-corrected chi connectivity index (χ0v) is 13.3. The number of halogens is 2. The minimum Gasteiger partial charge on any atom is -0.465 e. The highest BCUT2D eigenvalue weighted by atomic mass is 35.5. The van der Waals surface area contributed by atoms with E-state index in [2.05, 4.69) is 10.2 Å². The van der Waals surface area contributed by atoms with Crippen LogP contribution in [0, 0.1) is 5.92 Å². The molecule has 0 spiro atoms. The van der Waals surface area contributed by atoms with Gasteiger partial charge in [-0.1, -0.05) is 35.3 Å². The fourth-order valence-corrected chi connectivity index (χ4v) is 3.11. The lowest BCUT2D eigenvalue weighted by Crippen LogP contribution is -2.34. The smallest absolute Gasteiger partial charge is 0.404 e. The predicted octanol–water partition coefficient (Wildman–Crippen LogP) is 3.86. The molecule has 1 aliphatic heterocycles. The second-order valence-corrected chi connectivity index (χ2v) is 6.24. The van der Waals surface area contributed by atoms with Gasteiger partial charge >= 0.3 is 6.09 Å². The van der Waals surface area contributed by atoms with E-state index in [1.165, 1.54) is 0 Å². The van der Waals surface area contributed by atoms with Gasteiger partial charge in [-0.25, -0.2) is 4.79 Å². The van der Waals surface area contributed by atoms with Crippen molar-refractivity contribution < 1.29 is 9.90 Å². The third kappa shape index (κ3) is 5.06. The van der Waals surface area contributed by atoms with Gasteiger partial charge in [-0.2, -0.15) is 0 Å². The summed E-state index contributed by atoms with van der Waals surface area (Å²) in [5.41, 5.74) is 1.06. The van der Waals surface area contributed by atoms with Crippen LogP contribution in [0.3, 0.4) is 0 Å². The second kappa shape index (κ2) is 7.87. The average Bonchev–Trinajstić information content (AvgIpc) is 2.45. The molecule has 1 amide bonds. The molecular formula is C15H20Cl2N2O2. The first-order chi connectivity index (χ1) is 10.1. The Morgan fingerprint density at radius 3 is 2.71 bits per heavy atom. The standard InChI is InChI=1S/C15H20Cl2N2O2/c16-13-3-1-2-12(14(13)17)10-19-8-5-11(6-9-19)4-7-18-15(20)21/h1-3,11,18H,4-10H2,(H,20,21). The Hall–Kier alpha value is -0.970. The summed E-state index contributed by atoms with van der Waals surface area (Å²) in [6, 6.07) is 5.74. The molecule has 1 fully saturated rings. The van der Waals surface area contributed by atoms with Crippen LogP contribution < -0.4 is 5.32 Å². The second-order valence-electron chi connectivity index (χ2n) is 5.45. The van der Waals surface area contributed by atoms with E-state index in [9.17, 15) is 4.79 Å². The molecule has 116 valence electrons. The van der Waals surface area contributed by atoms with E-state index >= 15 is 0 Å². The molecule has 1 aliphatic rings. The molecule has 6 heteroatoms. The van der Waals surface area contributed by atoms with Crippen molar-refractivity contribution in [2.75, 3.05) is 19.6 Å². The number of benzene rings is 1. The van der Waals surface area contributed by atoms with Crippen LogP contribution in [0.25, 0.3) is 0 Å². The first kappa shape index (κ1) is 16.4. The van der Waals surface area contributed by atoms with Crippen molar-refractivity contribution >= 4 is 29.3 Å². The van der Waals surface area contributed by atoms with Crippen molar-refractivity contribution in [2.24, 2.45) is 5.92 Å². The molecule has 0 radical (unpaired) electrons. The van der Waals surface area contributed by atoms with Gasteiger partial charge in [-0.05, 0) is 49.9 Å². The topological polar surface area (TPSA) is 52.6 Å². The normalized spacial score (nSPS) is 16.9. The number of carboxylic acid groups (broad SMARTS) is 1. The Balaban J connectivity index is 1.76. The summed E-state index contributed by atoms with van der Waals surface area (Å²) in [6.07, 6.45) is 2.17. The van der Waals surface area contributed by atoms with Crippen LogP contribution >= 0.6 is 23.2 Å². The minimum atomic E-state index is -0.942. The molecule has 0 saturated carbocycles. The minimum absolute atomic E-state index is 0.542. The highest BCUT2D eigenvalue weighted by Crippen LogP contribution is 2.28. The van der Waals surface area contributed by atoms with Crippen LogP contribution in [0.15, 0.2) is 18.2 Å². The van der Waals surface area contributed by atoms with E-state index < -0.39 is 6.09 Å². The number of likely N-dealkylation sites (tertiary alicyclic amines) is 1. The third-order valence-corrected chi connectivity index (χ3v) is 4.82. The third-order valence-electron chi connectivity index (χ3n) is 3.96. The van der Waals surface area contributed by atoms with Gasteiger partial charge in [0.15, 0.2) is 0 Å². The highest BCUT2D eigenvalue weighted by Gasteiger charge is 2.20. The molecular weight excluding hydrogens is 311 g/mol. The summed E-state index contributed by atoms with van der Waals surface area (Å²) < 4.78 is 0. The van der Waals surface area contributed by atoms with Crippen molar-refractivity contribution in [3.63, 3.8) is 0 Å². The van der Waals surface area contributed by atoms with E-state index in [1.54, 1.807) is 6.07 Å². The zero-order valence-electron chi connectivity index (χ0n) is 11.8. The van der Waals surface area contributed by atoms with Crippen LogP contribution in [0.2, 0.25) is 10.0 Å². The Bertz CT molecular complexity index is 489. The lowest BCUT2D eigenvalue weighted by molar-refractivity contribution is 0.169. The summed E-state index contributed by atoms with van der Waals surface area (Å²) in [4.78, 5) is 12.8. The molecule has 0 aromatic heterocycles. The molecule has 0 aliphatic carbocycles. The molecule has 1 aromatic carbocycles. The zero-order chi connectivity index (χ0) is 15.2. The van der Waals surface area contributed by atoms with E-state index in [0.29, 0.717) is 22.5 Å². The van der Waals surface area contributed by atoms with Gasteiger partial charge < -0.3 is 10.4 Å². The summed E-state index contributed by atoms with van der Waals surface area (Å²) in [5, 5.41) is 12.2. The first-order valence-corrected chi connectivity index (χ1v) is 7.94. The SMILES string of the molecule is O=C(O)NCCC1CCN(Cc2cccc(Cl)c2Cl)CC1. The molecule has 2 rings (SSSR count). The van der Waals surface area contributed by atoms with Crippen LogP contribution in [-0.4, -0.2) is 35.7 Å². The number of hydrogen-bond acceptors (Lipinski definition) is 2. The Morgan fingerprint density at radius 1 is 1.33 bits per heavy atom. The molecule has 2 N–H and O–H groups in total. The lowest BCUT2D eigenvalue weighted by Gasteiger charge is -2.32. The van der Waals surface area contributed by atoms with Crippen molar-refractivity contribution in [3.05, 3.63) is 33.8 Å². The number of piperidine rings is 1. The van der Waals surface area contributed by atoms with Crippen molar-refractivity contribution in [1.29, 1.82) is 0 Å². The maximum atomic E-state index is 10.4. The maximum absolute atomic E-state index is 10.4. The average molecular weight is 331 g/mol. The van der Waals surface area contributed by atoms with Crippen LogP contribution in [0.5, 0.6) is 0 Å². The molecule has 0 unspecified atom stereocenters. The number of nitrogens with one attached hydrogen (secondary N) is 1. The molecule has 0 atom stereocenters. The summed E-state index contributed by atoms with van der Waals surface area (Å²) in [6.45, 7) is 3.39. The number of carbonyl (C=O) groups is 1. The fourth-order valence-electron chi connectivity index (χ4n) is 2.73. The predicted molar refractivity (Wildman–Crippen MR) is 85.1 cm³/mol. The van der Waals surface area contributed by atoms with Gasteiger partial charge in [0.25, 0.3) is 0 Å². The van der Waals surface area contributed by atoms with Crippen LogP contribution in [-0.2, 0) is 6.54 Å². The van der Waals surface area contributed by atoms with E-state index in [1.807, 2.05) is 12.1 Å². The number of rotatable bonds is 5. The lowest BCUT2D eigenvalue weighted by atomic mass is 9.93. The highest BCUT2D eigenvalue weighted by molar-refractivity contribution is 6.42. The van der Waals surface area contributed by atoms with Gasteiger partial charge in [-0.3, -0.25) is 4.90 Å². The van der Waals surface area contributed by atoms with Gasteiger partial charge in [0, 0.05) is 13.1 Å². The van der Waals surface area contributed by atoms with E-state index in [4.69, 9.17) is 28.3 Å². The summed E-state index contributed by atoms with van der Waals surface area (Å²) >= 11 is 12.2. The van der Waals surface area contributed by atoms with Crippen molar-refractivity contribution in [1.82, 2.24) is 10.2 Å². The fraction of sp³-hybridized carbons (Fsp3) is 0.533. The molecule has 1 aromatic rings. The Labute approximate surface area is 135 Å². The molecule has 1 saturated heterocycles. The molecule has 21 heavy (non-hydrogen) atoms. The van der Waals surface area contributed by atoms with Crippen molar-refractivity contribution in [2.45, 2.75) is 25.8 Å². The van der Waals surface area contributed by atoms with E-state index in [-0.39, 0.29) is 0 Å². The largest absolute Gasteiger partial charge is 0.465 e. The van der Waals surface area contributed by atoms with Crippen LogP contribution in [0.1, 0.15) is 24.8 Å². The summed E-state index contributed by atoms with van der Waals surface area (Å²) in [5.74, 6) is 0.600. The van der Waals surface area contributed by atoms with E-state index in [0.717, 1.165) is 44.5 Å². The Kier molecular flexibility index (Phi) is 6.15. The van der Waals surface area contributed by atoms with Gasteiger partial charge in [0.1, 0.15) is 0 Å². The van der Waals surface area contributed by atoms with Crippen LogP contribution in [0.4, 0.5) is 4.79 Å². The van der Waals surface area contributed by atoms with Gasteiger partial charge in [-0.15, -0.1) is 0 Å². The maximum Gasteiger partial charge on any atom is 0.404 e. The first-order valence-electron chi connectivity index (χ1n) is 7.18. The monoisotopic (exact) mass is 330 g/mol. The van der Waals surface area contributed by atoms with Crippen molar-refractivity contribution in [3.8, 4) is 0 Å². The quantitative estimate of drug-likeness (QED) is 0.861. The summed E-state index contributed by atoms with van der Waals surface area (Å²) in [7, 11) is 0. The van der Waals surface area contributed by atoms with Gasteiger partial charge in [0.05, 0.1) is 10.0 Å². The molecule has 0 bridgehead atoms. The van der Waals surface area contributed by atoms with Gasteiger partial charge in [0.2, 0.25) is 0 Å². The Morgan fingerprint density at radius 2 is 2.05 bits per heavy atom.